The maximum atomic E-state index is 12.6. The Hall–Kier alpha value is -2.83. The third-order valence-corrected chi connectivity index (χ3v) is 4.18. The zero-order chi connectivity index (χ0) is 16.7. The van der Waals surface area contributed by atoms with Gasteiger partial charge in [-0.2, -0.15) is 0 Å². The topological polar surface area (TPSA) is 88.8 Å². The number of aromatic nitrogens is 1. The summed E-state index contributed by atoms with van der Waals surface area (Å²) >= 11 is 0. The average Bonchev–Trinajstić information content (AvgIpc) is 2.85. The SMILES string of the molecule is COC(=O)Cn1c2c(c3cccc(C(=O)O)c31)CCN(C)C2=O. The number of amides is 1. The number of hydrogen-bond acceptors (Lipinski definition) is 4. The van der Waals surface area contributed by atoms with Crippen LogP contribution in [-0.4, -0.2) is 53.1 Å². The highest BCUT2D eigenvalue weighted by atomic mass is 16.5. The van der Waals surface area contributed by atoms with E-state index < -0.39 is 11.9 Å². The largest absolute Gasteiger partial charge is 0.478 e. The second-order valence-electron chi connectivity index (χ2n) is 5.47. The molecular formula is C16H16N2O5. The maximum absolute atomic E-state index is 12.6. The molecular weight excluding hydrogens is 300 g/mol. The first-order valence-electron chi connectivity index (χ1n) is 7.15. The van der Waals surface area contributed by atoms with E-state index in [0.717, 1.165) is 5.56 Å². The molecule has 0 unspecified atom stereocenters. The molecule has 0 spiro atoms. The number of hydrogen-bond donors (Lipinski definition) is 1. The van der Waals surface area contributed by atoms with Gasteiger partial charge in [-0.25, -0.2) is 4.79 Å². The molecule has 1 aliphatic rings. The molecule has 0 fully saturated rings. The van der Waals surface area contributed by atoms with Crippen LogP contribution in [-0.2, 0) is 22.5 Å². The number of methoxy groups -OCH3 is 1. The van der Waals surface area contributed by atoms with Gasteiger partial charge < -0.3 is 19.3 Å². The number of carbonyl (C=O) groups is 3. The van der Waals surface area contributed by atoms with Gasteiger partial charge in [0.1, 0.15) is 12.2 Å². The minimum atomic E-state index is -1.10. The summed E-state index contributed by atoms with van der Waals surface area (Å²) in [6.45, 7) is 0.354. The van der Waals surface area contributed by atoms with Crippen molar-refractivity contribution < 1.29 is 24.2 Å². The summed E-state index contributed by atoms with van der Waals surface area (Å²) < 4.78 is 6.16. The lowest BCUT2D eigenvalue weighted by atomic mass is 10.0. The van der Waals surface area contributed by atoms with Crippen LogP contribution < -0.4 is 0 Å². The van der Waals surface area contributed by atoms with Crippen LogP contribution in [0.2, 0.25) is 0 Å². The number of likely N-dealkylation sites (N-methyl/N-ethyl adjacent to an activating group) is 1. The summed E-state index contributed by atoms with van der Waals surface area (Å²) in [5.41, 5.74) is 1.61. The molecule has 1 amide bonds. The van der Waals surface area contributed by atoms with Crippen LogP contribution in [0.1, 0.15) is 26.4 Å². The van der Waals surface area contributed by atoms with Crippen LogP contribution >= 0.6 is 0 Å². The van der Waals surface area contributed by atoms with Crippen LogP contribution in [0.3, 0.4) is 0 Å². The second kappa shape index (κ2) is 5.42. The van der Waals surface area contributed by atoms with Gasteiger partial charge in [0.05, 0.1) is 18.2 Å². The highest BCUT2D eigenvalue weighted by Crippen LogP contribution is 2.32. The Kier molecular flexibility index (Phi) is 3.55. The zero-order valence-corrected chi connectivity index (χ0v) is 12.8. The highest BCUT2D eigenvalue weighted by molar-refractivity contribution is 6.09. The van der Waals surface area contributed by atoms with E-state index in [1.54, 1.807) is 24.1 Å². The van der Waals surface area contributed by atoms with E-state index in [2.05, 4.69) is 0 Å². The molecule has 0 saturated carbocycles. The Balaban J connectivity index is 2.37. The molecule has 1 aliphatic heterocycles. The molecule has 120 valence electrons. The van der Waals surface area contributed by atoms with E-state index in [-0.39, 0.29) is 18.0 Å². The first kappa shape index (κ1) is 15.1. The quantitative estimate of drug-likeness (QED) is 0.858. The number of carboxylic acids is 1. The van der Waals surface area contributed by atoms with Crippen molar-refractivity contribution >= 4 is 28.7 Å². The lowest BCUT2D eigenvalue weighted by Gasteiger charge is -2.24. The molecule has 3 rings (SSSR count). The molecule has 0 aliphatic carbocycles. The van der Waals surface area contributed by atoms with Gasteiger partial charge in [-0.3, -0.25) is 9.59 Å². The number of aromatic carboxylic acids is 1. The number of rotatable bonds is 3. The van der Waals surface area contributed by atoms with Crippen molar-refractivity contribution in [2.45, 2.75) is 13.0 Å². The monoisotopic (exact) mass is 316 g/mol. The molecule has 2 heterocycles. The first-order valence-corrected chi connectivity index (χ1v) is 7.15. The molecule has 0 atom stereocenters. The lowest BCUT2D eigenvalue weighted by molar-refractivity contribution is -0.141. The molecule has 7 nitrogen and oxygen atoms in total. The van der Waals surface area contributed by atoms with Crippen LogP contribution in [0.25, 0.3) is 10.9 Å². The summed E-state index contributed by atoms with van der Waals surface area (Å²) in [6, 6.07) is 4.91. The van der Waals surface area contributed by atoms with Crippen molar-refractivity contribution in [3.05, 3.63) is 35.0 Å². The number of carbonyl (C=O) groups excluding carboxylic acids is 2. The number of nitrogens with zero attached hydrogens (tertiary/aromatic N) is 2. The molecule has 1 aromatic carbocycles. The third kappa shape index (κ3) is 2.25. The Morgan fingerprint density at radius 3 is 2.74 bits per heavy atom. The maximum Gasteiger partial charge on any atom is 0.337 e. The van der Waals surface area contributed by atoms with Gasteiger partial charge in [0, 0.05) is 19.0 Å². The number of carboxylic acid groups (broad SMARTS) is 1. The van der Waals surface area contributed by atoms with Crippen molar-refractivity contribution in [2.75, 3.05) is 20.7 Å². The first-order chi connectivity index (χ1) is 11.0. The van der Waals surface area contributed by atoms with E-state index in [0.29, 0.717) is 29.6 Å². The fourth-order valence-corrected chi connectivity index (χ4v) is 3.06. The third-order valence-electron chi connectivity index (χ3n) is 4.18. The molecule has 7 heteroatoms. The molecule has 2 aromatic rings. The van der Waals surface area contributed by atoms with Gasteiger partial charge in [0.25, 0.3) is 5.91 Å². The summed E-state index contributed by atoms with van der Waals surface area (Å²) in [7, 11) is 2.94. The molecule has 23 heavy (non-hydrogen) atoms. The molecule has 0 saturated heterocycles. The van der Waals surface area contributed by atoms with Crippen molar-refractivity contribution in [1.29, 1.82) is 0 Å². The standard InChI is InChI=1S/C16H16N2O5/c1-17-7-6-10-9-4-3-5-11(16(21)22)13(9)18(8-12(19)23-2)14(10)15(17)20/h3-5H,6-8H2,1-2H3,(H,21,22). The summed E-state index contributed by atoms with van der Waals surface area (Å²) in [6.07, 6.45) is 0.616. The normalized spacial score (nSPS) is 14.0. The Labute approximate surface area is 132 Å². The molecule has 1 aromatic heterocycles. The minimum absolute atomic E-state index is 0.0660. The summed E-state index contributed by atoms with van der Waals surface area (Å²) in [5.74, 6) is -1.86. The van der Waals surface area contributed by atoms with Gasteiger partial charge in [-0.1, -0.05) is 12.1 Å². The molecule has 0 radical (unpaired) electrons. The van der Waals surface area contributed by atoms with Crippen LogP contribution in [0.15, 0.2) is 18.2 Å². The van der Waals surface area contributed by atoms with E-state index in [4.69, 9.17) is 4.74 Å². The van der Waals surface area contributed by atoms with Gasteiger partial charge in [0.15, 0.2) is 0 Å². The molecule has 1 N–H and O–H groups in total. The average molecular weight is 316 g/mol. The Bertz CT molecular complexity index is 837. The molecule has 0 bridgehead atoms. The van der Waals surface area contributed by atoms with E-state index in [9.17, 15) is 19.5 Å². The number of ether oxygens (including phenoxy) is 1. The Morgan fingerprint density at radius 2 is 2.09 bits per heavy atom. The van der Waals surface area contributed by atoms with Gasteiger partial charge in [-0.05, 0) is 18.1 Å². The fourth-order valence-electron chi connectivity index (χ4n) is 3.06. The van der Waals surface area contributed by atoms with E-state index in [1.807, 2.05) is 0 Å². The lowest BCUT2D eigenvalue weighted by Crippen LogP contribution is -2.36. The van der Waals surface area contributed by atoms with Crippen LogP contribution in [0.4, 0.5) is 0 Å². The van der Waals surface area contributed by atoms with Gasteiger partial charge >= 0.3 is 11.9 Å². The van der Waals surface area contributed by atoms with E-state index >= 15 is 0 Å². The predicted molar refractivity (Wildman–Crippen MR) is 81.6 cm³/mol. The number of benzene rings is 1. The van der Waals surface area contributed by atoms with Crippen molar-refractivity contribution in [1.82, 2.24) is 9.47 Å². The number of fused-ring (bicyclic) bond motifs is 3. The van der Waals surface area contributed by atoms with Crippen molar-refractivity contribution in [3.63, 3.8) is 0 Å². The summed E-state index contributed by atoms with van der Waals surface area (Å²) in [5, 5.41) is 10.2. The zero-order valence-electron chi connectivity index (χ0n) is 12.8. The van der Waals surface area contributed by atoms with E-state index in [1.165, 1.54) is 17.7 Å². The van der Waals surface area contributed by atoms with Crippen molar-refractivity contribution in [2.24, 2.45) is 0 Å². The number of esters is 1. The Morgan fingerprint density at radius 1 is 1.35 bits per heavy atom. The highest BCUT2D eigenvalue weighted by Gasteiger charge is 2.31. The predicted octanol–water partition coefficient (Wildman–Crippen LogP) is 1.14. The van der Waals surface area contributed by atoms with Gasteiger partial charge in [-0.15, -0.1) is 0 Å². The van der Waals surface area contributed by atoms with Crippen LogP contribution in [0.5, 0.6) is 0 Å². The number of para-hydroxylation sites is 1. The minimum Gasteiger partial charge on any atom is -0.478 e. The van der Waals surface area contributed by atoms with Gasteiger partial charge in [0.2, 0.25) is 0 Å². The summed E-state index contributed by atoms with van der Waals surface area (Å²) in [4.78, 5) is 37.4. The second-order valence-corrected chi connectivity index (χ2v) is 5.47. The smallest absolute Gasteiger partial charge is 0.337 e. The fraction of sp³-hybridized carbons (Fsp3) is 0.312. The van der Waals surface area contributed by atoms with Crippen molar-refractivity contribution in [3.8, 4) is 0 Å². The van der Waals surface area contributed by atoms with Crippen LogP contribution in [0, 0.1) is 0 Å².